The summed E-state index contributed by atoms with van der Waals surface area (Å²) in [6.45, 7) is 4.21. The van der Waals surface area contributed by atoms with Gasteiger partial charge in [-0.15, -0.1) is 0 Å². The molecule has 4 heteroatoms. The third-order valence-electron chi connectivity index (χ3n) is 4.95. The Kier molecular flexibility index (Phi) is 6.07. The van der Waals surface area contributed by atoms with Gasteiger partial charge in [0, 0.05) is 31.7 Å². The monoisotopic (exact) mass is 269 g/mol. The molecule has 0 amide bonds. The number of likely N-dealkylation sites (N-methyl/N-ethyl adjacent to an activating group) is 1. The van der Waals surface area contributed by atoms with E-state index < -0.39 is 0 Å². The summed E-state index contributed by atoms with van der Waals surface area (Å²) in [4.78, 5) is 5.11. The normalized spacial score (nSPS) is 33.8. The molecular formula is C15H31N3O. The molecule has 3 N–H and O–H groups in total. The number of aliphatic hydroxyl groups excluding tert-OH is 1. The summed E-state index contributed by atoms with van der Waals surface area (Å²) in [5.41, 5.74) is 5.73. The summed E-state index contributed by atoms with van der Waals surface area (Å²) in [6.07, 6.45) is 8.23. The van der Waals surface area contributed by atoms with Crippen LogP contribution >= 0.6 is 0 Å². The molecule has 0 radical (unpaired) electrons. The third-order valence-corrected chi connectivity index (χ3v) is 4.95. The van der Waals surface area contributed by atoms with Crippen LogP contribution in [0.3, 0.4) is 0 Å². The summed E-state index contributed by atoms with van der Waals surface area (Å²) in [5.74, 6) is 0. The first-order valence-electron chi connectivity index (χ1n) is 8.03. The Labute approximate surface area is 117 Å². The smallest absolute Gasteiger partial charge is 0.0541 e. The summed E-state index contributed by atoms with van der Waals surface area (Å²) in [6, 6.07) is 1.36. The van der Waals surface area contributed by atoms with Gasteiger partial charge in [0.15, 0.2) is 0 Å². The van der Waals surface area contributed by atoms with Crippen molar-refractivity contribution in [3.63, 3.8) is 0 Å². The number of aliphatic hydroxyl groups is 1. The molecule has 0 spiro atoms. The lowest BCUT2D eigenvalue weighted by atomic mass is 9.91. The Morgan fingerprint density at radius 1 is 1.16 bits per heavy atom. The highest BCUT2D eigenvalue weighted by Gasteiger charge is 2.27. The van der Waals surface area contributed by atoms with E-state index in [1.807, 2.05) is 0 Å². The first-order valence-corrected chi connectivity index (χ1v) is 8.03. The largest absolute Gasteiger partial charge is 0.393 e. The van der Waals surface area contributed by atoms with Crippen LogP contribution in [0.5, 0.6) is 0 Å². The molecule has 1 saturated heterocycles. The maximum Gasteiger partial charge on any atom is 0.0541 e. The standard InChI is InChI=1S/C15H31N3O/c1-17(13-5-7-15(19)8-6-13)12-14-4-2-3-10-18(14)11-9-16/h13-15,19H,2-12,16H2,1H3/t13-,14?,15-. The molecule has 1 saturated carbocycles. The Balaban J connectivity index is 1.80. The van der Waals surface area contributed by atoms with Crippen molar-refractivity contribution in [3.8, 4) is 0 Å². The van der Waals surface area contributed by atoms with E-state index in [2.05, 4.69) is 16.8 Å². The van der Waals surface area contributed by atoms with Crippen molar-refractivity contribution in [1.29, 1.82) is 0 Å². The van der Waals surface area contributed by atoms with Crippen molar-refractivity contribution in [2.75, 3.05) is 33.2 Å². The Hall–Kier alpha value is -0.160. The predicted molar refractivity (Wildman–Crippen MR) is 79.2 cm³/mol. The second kappa shape index (κ2) is 7.58. The van der Waals surface area contributed by atoms with Crippen LogP contribution in [0.25, 0.3) is 0 Å². The van der Waals surface area contributed by atoms with Gasteiger partial charge in [0.05, 0.1) is 6.10 Å². The molecule has 19 heavy (non-hydrogen) atoms. The van der Waals surface area contributed by atoms with E-state index in [9.17, 15) is 5.11 Å². The maximum atomic E-state index is 9.60. The number of hydrogen-bond acceptors (Lipinski definition) is 4. The highest BCUT2D eigenvalue weighted by Crippen LogP contribution is 2.24. The van der Waals surface area contributed by atoms with Crippen molar-refractivity contribution in [3.05, 3.63) is 0 Å². The molecule has 2 aliphatic rings. The van der Waals surface area contributed by atoms with Crippen LogP contribution in [0.1, 0.15) is 44.9 Å². The number of piperidine rings is 1. The zero-order chi connectivity index (χ0) is 13.7. The van der Waals surface area contributed by atoms with Gasteiger partial charge in [0.25, 0.3) is 0 Å². The zero-order valence-corrected chi connectivity index (χ0v) is 12.4. The van der Waals surface area contributed by atoms with Gasteiger partial charge in [-0.05, 0) is 52.1 Å². The molecule has 0 aromatic carbocycles. The third kappa shape index (κ3) is 4.42. The summed E-state index contributed by atoms with van der Waals surface area (Å²) in [7, 11) is 2.26. The maximum absolute atomic E-state index is 9.60. The van der Waals surface area contributed by atoms with Crippen molar-refractivity contribution in [2.45, 2.75) is 63.1 Å². The summed E-state index contributed by atoms with van der Waals surface area (Å²) in [5, 5.41) is 9.60. The van der Waals surface area contributed by atoms with E-state index >= 15 is 0 Å². The van der Waals surface area contributed by atoms with Gasteiger partial charge in [-0.3, -0.25) is 4.90 Å². The number of rotatable bonds is 5. The second-order valence-corrected chi connectivity index (χ2v) is 6.38. The van der Waals surface area contributed by atoms with Crippen molar-refractivity contribution in [2.24, 2.45) is 5.73 Å². The molecule has 0 aromatic rings. The Morgan fingerprint density at radius 3 is 2.58 bits per heavy atom. The summed E-state index contributed by atoms with van der Waals surface area (Å²) < 4.78 is 0. The van der Waals surface area contributed by atoms with Crippen molar-refractivity contribution in [1.82, 2.24) is 9.80 Å². The van der Waals surface area contributed by atoms with E-state index in [4.69, 9.17) is 5.73 Å². The zero-order valence-electron chi connectivity index (χ0n) is 12.4. The van der Waals surface area contributed by atoms with Gasteiger partial charge in [0.1, 0.15) is 0 Å². The van der Waals surface area contributed by atoms with Crippen LogP contribution in [0.4, 0.5) is 0 Å². The van der Waals surface area contributed by atoms with Crippen LogP contribution in [-0.2, 0) is 0 Å². The Bertz CT molecular complexity index is 252. The molecule has 1 aliphatic carbocycles. The van der Waals surface area contributed by atoms with E-state index in [1.54, 1.807) is 0 Å². The Morgan fingerprint density at radius 2 is 1.89 bits per heavy atom. The summed E-state index contributed by atoms with van der Waals surface area (Å²) >= 11 is 0. The molecular weight excluding hydrogens is 238 g/mol. The average molecular weight is 269 g/mol. The molecule has 1 heterocycles. The van der Waals surface area contributed by atoms with E-state index in [0.29, 0.717) is 12.1 Å². The van der Waals surface area contributed by atoms with E-state index in [0.717, 1.165) is 38.8 Å². The van der Waals surface area contributed by atoms with Crippen LogP contribution in [0.2, 0.25) is 0 Å². The first kappa shape index (κ1) is 15.2. The number of hydrogen-bond donors (Lipinski definition) is 2. The minimum absolute atomic E-state index is 0.0481. The molecule has 0 aromatic heterocycles. The molecule has 1 aliphatic heterocycles. The van der Waals surface area contributed by atoms with Gasteiger partial charge >= 0.3 is 0 Å². The van der Waals surface area contributed by atoms with Crippen LogP contribution in [0, 0.1) is 0 Å². The fraction of sp³-hybridized carbons (Fsp3) is 1.00. The molecule has 2 fully saturated rings. The topological polar surface area (TPSA) is 52.7 Å². The average Bonchev–Trinajstić information content (AvgIpc) is 2.42. The van der Waals surface area contributed by atoms with Gasteiger partial charge in [-0.2, -0.15) is 0 Å². The van der Waals surface area contributed by atoms with E-state index in [-0.39, 0.29) is 6.10 Å². The predicted octanol–water partition coefficient (Wildman–Crippen LogP) is 1.03. The minimum atomic E-state index is -0.0481. The molecule has 1 atom stereocenters. The quantitative estimate of drug-likeness (QED) is 0.783. The first-order chi connectivity index (χ1) is 9.20. The minimum Gasteiger partial charge on any atom is -0.393 e. The van der Waals surface area contributed by atoms with E-state index in [1.165, 1.54) is 32.4 Å². The number of nitrogens with two attached hydrogens (primary N) is 1. The lowest BCUT2D eigenvalue weighted by Gasteiger charge is -2.41. The van der Waals surface area contributed by atoms with Crippen molar-refractivity contribution >= 4 is 0 Å². The van der Waals surface area contributed by atoms with Crippen LogP contribution < -0.4 is 5.73 Å². The highest BCUT2D eigenvalue weighted by atomic mass is 16.3. The van der Waals surface area contributed by atoms with Gasteiger partial charge in [0.2, 0.25) is 0 Å². The molecule has 1 unspecified atom stereocenters. The van der Waals surface area contributed by atoms with Crippen LogP contribution in [0.15, 0.2) is 0 Å². The van der Waals surface area contributed by atoms with Gasteiger partial charge < -0.3 is 15.7 Å². The second-order valence-electron chi connectivity index (χ2n) is 6.38. The lowest BCUT2D eigenvalue weighted by molar-refractivity contribution is 0.0586. The van der Waals surface area contributed by atoms with Crippen molar-refractivity contribution < 1.29 is 5.11 Å². The van der Waals surface area contributed by atoms with Crippen LogP contribution in [-0.4, -0.2) is 66.3 Å². The molecule has 112 valence electrons. The number of likely N-dealkylation sites (tertiary alicyclic amines) is 1. The van der Waals surface area contributed by atoms with Gasteiger partial charge in [-0.25, -0.2) is 0 Å². The lowest BCUT2D eigenvalue weighted by Crippen LogP contribution is -2.50. The SMILES string of the molecule is CN(CC1CCCCN1CCN)[C@H]1CC[C@H](O)CC1. The molecule has 0 bridgehead atoms. The highest BCUT2D eigenvalue weighted by molar-refractivity contribution is 4.84. The molecule has 4 nitrogen and oxygen atoms in total. The fourth-order valence-electron chi connectivity index (χ4n) is 3.71. The molecule has 2 rings (SSSR count). The fourth-order valence-corrected chi connectivity index (χ4v) is 3.71. The van der Waals surface area contributed by atoms with Gasteiger partial charge in [-0.1, -0.05) is 6.42 Å². The number of nitrogens with zero attached hydrogens (tertiary/aromatic N) is 2.